The minimum absolute atomic E-state index is 0.110. The van der Waals surface area contributed by atoms with Gasteiger partial charge in [-0.1, -0.05) is 36.4 Å². The lowest BCUT2D eigenvalue weighted by Gasteiger charge is -2.16. The van der Waals surface area contributed by atoms with E-state index in [1.807, 2.05) is 37.3 Å². The molecule has 1 N–H and O–H groups in total. The molecule has 5 rings (SSSR count). The van der Waals surface area contributed by atoms with Crippen molar-refractivity contribution in [2.75, 3.05) is 6.61 Å². The number of carbonyl (C=O) groups excluding carboxylic acids is 1. The van der Waals surface area contributed by atoms with Gasteiger partial charge in [-0.15, -0.1) is 0 Å². The van der Waals surface area contributed by atoms with Crippen molar-refractivity contribution in [3.8, 4) is 22.6 Å². The van der Waals surface area contributed by atoms with Crippen LogP contribution >= 0.6 is 0 Å². The Morgan fingerprint density at radius 3 is 2.58 bits per heavy atom. The number of halogens is 1. The van der Waals surface area contributed by atoms with Crippen molar-refractivity contribution in [1.29, 1.82) is 0 Å². The Morgan fingerprint density at radius 2 is 1.88 bits per heavy atom. The highest BCUT2D eigenvalue weighted by molar-refractivity contribution is 7.93. The summed E-state index contributed by atoms with van der Waals surface area (Å²) in [4.78, 5) is 11.9. The van der Waals surface area contributed by atoms with Gasteiger partial charge in [0.1, 0.15) is 11.9 Å². The van der Waals surface area contributed by atoms with Gasteiger partial charge in [0.05, 0.1) is 11.5 Å². The van der Waals surface area contributed by atoms with Crippen LogP contribution in [0.25, 0.3) is 16.0 Å². The zero-order valence-corrected chi connectivity index (χ0v) is 18.8. The molecule has 1 aliphatic carbocycles. The molecule has 0 bridgehead atoms. The maximum absolute atomic E-state index is 14.4. The predicted molar refractivity (Wildman–Crippen MR) is 125 cm³/mol. The van der Waals surface area contributed by atoms with Crippen LogP contribution in [0, 0.1) is 5.82 Å². The van der Waals surface area contributed by atoms with Crippen LogP contribution in [0.2, 0.25) is 0 Å². The monoisotopic (exact) mass is 463 g/mol. The first-order valence-electron chi connectivity index (χ1n) is 10.8. The van der Waals surface area contributed by atoms with Gasteiger partial charge in [0.2, 0.25) is 0 Å². The molecule has 1 unspecified atom stereocenters. The second kappa shape index (κ2) is 8.83. The first kappa shape index (κ1) is 21.4. The molecule has 3 aromatic rings. The second-order valence-electron chi connectivity index (χ2n) is 7.86. The average Bonchev–Trinajstić information content (AvgIpc) is 3.38. The van der Waals surface area contributed by atoms with E-state index in [2.05, 4.69) is 10.8 Å². The summed E-state index contributed by atoms with van der Waals surface area (Å²) in [7, 11) is -1.52. The number of fused-ring (bicyclic) bond motifs is 1. The molecule has 1 aliphatic heterocycles. The Kier molecular flexibility index (Phi) is 5.72. The van der Waals surface area contributed by atoms with Crippen molar-refractivity contribution in [3.05, 3.63) is 89.2 Å². The zero-order valence-electron chi connectivity index (χ0n) is 18.0. The van der Waals surface area contributed by atoms with Gasteiger partial charge < -0.3 is 9.47 Å². The van der Waals surface area contributed by atoms with Gasteiger partial charge in [-0.2, -0.15) is 0 Å². The molecular weight excluding hydrogens is 441 g/mol. The van der Waals surface area contributed by atoms with Crippen LogP contribution in [0.15, 0.2) is 66.7 Å². The number of hydrogen-bond donors (Lipinski definition) is 1. The van der Waals surface area contributed by atoms with Gasteiger partial charge in [0.25, 0.3) is 5.91 Å². The van der Waals surface area contributed by atoms with E-state index in [9.17, 15) is 13.4 Å². The highest BCUT2D eigenvalue weighted by atomic mass is 32.2. The number of carbonyl (C=O) groups is 1. The molecule has 168 valence electrons. The molecule has 0 aromatic heterocycles. The summed E-state index contributed by atoms with van der Waals surface area (Å²) in [6.07, 6.45) is 2.90. The fourth-order valence-electron chi connectivity index (χ4n) is 4.35. The Hall–Kier alpha value is -3.45. The fourth-order valence-corrected chi connectivity index (χ4v) is 5.27. The van der Waals surface area contributed by atoms with Gasteiger partial charge >= 0.3 is 0 Å². The molecule has 0 spiro atoms. The maximum atomic E-state index is 14.4. The summed E-state index contributed by atoms with van der Waals surface area (Å²) in [5.74, 6) is 0.232. The van der Waals surface area contributed by atoms with E-state index in [1.165, 1.54) is 17.7 Å². The van der Waals surface area contributed by atoms with Crippen molar-refractivity contribution in [2.45, 2.75) is 25.9 Å². The summed E-state index contributed by atoms with van der Waals surface area (Å²) in [6.45, 7) is 2.25. The van der Waals surface area contributed by atoms with Crippen LogP contribution in [0.3, 0.4) is 0 Å². The largest absolute Gasteiger partial charge is 0.491 e. The molecule has 33 heavy (non-hydrogen) atoms. The minimum atomic E-state index is -1.52. The number of amides is 1. The van der Waals surface area contributed by atoms with Crippen molar-refractivity contribution in [3.63, 3.8) is 0 Å². The third kappa shape index (κ3) is 4.16. The molecular formula is C26H22FNO4S. The van der Waals surface area contributed by atoms with Gasteiger partial charge in [0, 0.05) is 6.08 Å². The van der Waals surface area contributed by atoms with Crippen LogP contribution in [0.4, 0.5) is 4.39 Å². The van der Waals surface area contributed by atoms with Crippen LogP contribution in [0.1, 0.15) is 36.1 Å². The molecule has 0 radical (unpaired) electrons. The average molecular weight is 464 g/mol. The van der Waals surface area contributed by atoms with Crippen molar-refractivity contribution in [1.82, 2.24) is 4.72 Å². The van der Waals surface area contributed by atoms with Crippen molar-refractivity contribution < 1.29 is 22.9 Å². The van der Waals surface area contributed by atoms with E-state index in [0.717, 1.165) is 29.5 Å². The number of hydrogen-bond acceptors (Lipinski definition) is 4. The molecule has 1 heterocycles. The third-order valence-corrected chi connectivity index (χ3v) is 6.97. The predicted octanol–water partition coefficient (Wildman–Crippen LogP) is 5.09. The SMILES string of the molecule is CCOc1ccc(-c2cccc3c2CC[C@H]3Oc2ccc(C3=CC(=O)NS3=O)cc2)cc1F. The minimum Gasteiger partial charge on any atom is -0.491 e. The molecule has 2 aliphatic rings. The molecule has 0 fully saturated rings. The van der Waals surface area contributed by atoms with E-state index < -0.39 is 11.0 Å². The maximum Gasteiger partial charge on any atom is 0.257 e. The third-order valence-electron chi connectivity index (χ3n) is 5.83. The Morgan fingerprint density at radius 1 is 1.09 bits per heavy atom. The molecule has 0 saturated carbocycles. The van der Waals surface area contributed by atoms with Gasteiger partial charge in [0.15, 0.2) is 22.6 Å². The van der Waals surface area contributed by atoms with Gasteiger partial charge in [-0.3, -0.25) is 9.52 Å². The summed E-state index contributed by atoms with van der Waals surface area (Å²) >= 11 is 0. The standard InChI is InChI=1S/C26H22FNO4S/c1-2-31-24-12-8-17(14-22(24)27)19-4-3-5-21-20(19)11-13-23(21)32-18-9-6-16(7-10-18)25-15-26(29)28-33(25)30/h3-10,12,14-15,23H,2,11,13H2,1H3,(H,28,29)/t23-,33?/m1/s1. The normalized spacial score (nSPS) is 19.1. The number of benzene rings is 3. The van der Waals surface area contributed by atoms with E-state index in [4.69, 9.17) is 9.47 Å². The molecule has 1 amide bonds. The molecule has 3 aromatic carbocycles. The van der Waals surface area contributed by atoms with Crippen LogP contribution < -0.4 is 14.2 Å². The summed E-state index contributed by atoms with van der Waals surface area (Å²) in [5, 5.41) is 0. The van der Waals surface area contributed by atoms with E-state index in [0.29, 0.717) is 22.8 Å². The van der Waals surface area contributed by atoms with E-state index >= 15 is 0 Å². The lowest BCUT2D eigenvalue weighted by Crippen LogP contribution is -2.16. The molecule has 0 saturated heterocycles. The number of rotatable bonds is 6. The highest BCUT2D eigenvalue weighted by Crippen LogP contribution is 2.41. The smallest absolute Gasteiger partial charge is 0.257 e. The van der Waals surface area contributed by atoms with Crippen LogP contribution in [-0.2, 0) is 22.2 Å². The Labute approximate surface area is 193 Å². The second-order valence-corrected chi connectivity index (χ2v) is 9.05. The molecule has 2 atom stereocenters. The number of nitrogens with one attached hydrogen (secondary N) is 1. The fraction of sp³-hybridized carbons (Fsp3) is 0.192. The topological polar surface area (TPSA) is 64.6 Å². The van der Waals surface area contributed by atoms with Gasteiger partial charge in [-0.25, -0.2) is 8.60 Å². The Balaban J connectivity index is 1.37. The van der Waals surface area contributed by atoms with E-state index in [1.54, 1.807) is 18.2 Å². The lowest BCUT2D eigenvalue weighted by molar-refractivity contribution is -0.114. The van der Waals surface area contributed by atoms with Crippen molar-refractivity contribution in [2.24, 2.45) is 0 Å². The van der Waals surface area contributed by atoms with Gasteiger partial charge in [-0.05, 0) is 71.8 Å². The van der Waals surface area contributed by atoms with E-state index in [-0.39, 0.29) is 23.6 Å². The summed E-state index contributed by atoms with van der Waals surface area (Å²) < 4.78 is 40.3. The van der Waals surface area contributed by atoms with Crippen molar-refractivity contribution >= 4 is 21.8 Å². The van der Waals surface area contributed by atoms with Crippen LogP contribution in [0.5, 0.6) is 11.5 Å². The Bertz CT molecular complexity index is 1290. The summed E-state index contributed by atoms with van der Waals surface area (Å²) in [5.41, 5.74) is 4.80. The zero-order chi connectivity index (χ0) is 22.9. The molecule has 5 nitrogen and oxygen atoms in total. The summed E-state index contributed by atoms with van der Waals surface area (Å²) in [6, 6.07) is 18.4. The highest BCUT2D eigenvalue weighted by Gasteiger charge is 2.27. The number of ether oxygens (including phenoxy) is 2. The first-order chi connectivity index (χ1) is 16.0. The quantitative estimate of drug-likeness (QED) is 0.553. The van der Waals surface area contributed by atoms with Crippen LogP contribution in [-0.4, -0.2) is 16.7 Å². The lowest BCUT2D eigenvalue weighted by atomic mass is 9.96. The first-order valence-corrected chi connectivity index (χ1v) is 11.9. The molecule has 7 heteroatoms.